The molecule has 4 aromatic rings. The Balaban J connectivity index is 1.54. The fraction of sp³-hybridized carbons (Fsp3) is 0.0417. The molecule has 0 aliphatic heterocycles. The molecule has 1 N–H and O–H groups in total. The minimum atomic E-state index is -0.327. The smallest absolute Gasteiger partial charge is 0.276 e. The number of aryl methyl sites for hydroxylation is 1. The summed E-state index contributed by atoms with van der Waals surface area (Å²) in [6, 6.07) is 27.3. The highest BCUT2D eigenvalue weighted by molar-refractivity contribution is 6.10. The van der Waals surface area contributed by atoms with E-state index in [1.807, 2.05) is 55.5 Å². The Hall–Kier alpha value is -3.99. The third-order valence-corrected chi connectivity index (χ3v) is 4.54. The number of aromatic nitrogens is 2. The summed E-state index contributed by atoms with van der Waals surface area (Å²) in [5.74, 6) is -0.419. The molecule has 0 saturated heterocycles. The SMILES string of the molecule is Cc1cc(C(=O)Nc2cccc(C(=O)c3ccccc3)c2)nn1-c1ccccc1. The topological polar surface area (TPSA) is 64.0 Å². The van der Waals surface area contributed by atoms with E-state index in [4.69, 9.17) is 0 Å². The lowest BCUT2D eigenvalue weighted by atomic mass is 10.0. The summed E-state index contributed by atoms with van der Waals surface area (Å²) in [5, 5.41) is 7.25. The Morgan fingerprint density at radius 3 is 2.17 bits per heavy atom. The van der Waals surface area contributed by atoms with E-state index in [-0.39, 0.29) is 11.7 Å². The lowest BCUT2D eigenvalue weighted by Crippen LogP contribution is -2.13. The summed E-state index contributed by atoms with van der Waals surface area (Å²) in [6.45, 7) is 1.90. The molecular formula is C24H19N3O2. The average molecular weight is 381 g/mol. The lowest BCUT2D eigenvalue weighted by molar-refractivity contribution is 0.101. The Kier molecular flexibility index (Phi) is 5.03. The maximum atomic E-state index is 12.7. The Morgan fingerprint density at radius 1 is 0.793 bits per heavy atom. The molecule has 1 amide bonds. The van der Waals surface area contributed by atoms with Crippen molar-refractivity contribution in [2.75, 3.05) is 5.32 Å². The van der Waals surface area contributed by atoms with E-state index in [2.05, 4.69) is 10.4 Å². The Morgan fingerprint density at radius 2 is 1.45 bits per heavy atom. The van der Waals surface area contributed by atoms with Crippen LogP contribution in [0.2, 0.25) is 0 Å². The maximum absolute atomic E-state index is 12.7. The van der Waals surface area contributed by atoms with Gasteiger partial charge in [-0.1, -0.05) is 60.7 Å². The number of nitrogens with zero attached hydrogens (tertiary/aromatic N) is 2. The number of rotatable bonds is 5. The van der Waals surface area contributed by atoms with Crippen LogP contribution in [0.1, 0.15) is 32.1 Å². The van der Waals surface area contributed by atoms with Crippen LogP contribution in [0.15, 0.2) is 91.0 Å². The normalized spacial score (nSPS) is 10.5. The molecule has 5 nitrogen and oxygen atoms in total. The predicted molar refractivity (Wildman–Crippen MR) is 113 cm³/mol. The number of carbonyl (C=O) groups excluding carboxylic acids is 2. The van der Waals surface area contributed by atoms with Crippen molar-refractivity contribution in [2.45, 2.75) is 6.92 Å². The van der Waals surface area contributed by atoms with Gasteiger partial charge in [-0.3, -0.25) is 9.59 Å². The van der Waals surface area contributed by atoms with Gasteiger partial charge < -0.3 is 5.32 Å². The van der Waals surface area contributed by atoms with Gasteiger partial charge in [-0.2, -0.15) is 5.10 Å². The second-order valence-electron chi connectivity index (χ2n) is 6.65. The molecular weight excluding hydrogens is 362 g/mol. The first kappa shape index (κ1) is 18.4. The second-order valence-corrected chi connectivity index (χ2v) is 6.65. The van der Waals surface area contributed by atoms with Gasteiger partial charge in [-0.25, -0.2) is 4.68 Å². The molecule has 0 fully saturated rings. The van der Waals surface area contributed by atoms with Gasteiger partial charge in [0.05, 0.1) is 5.69 Å². The third kappa shape index (κ3) is 3.99. The molecule has 5 heteroatoms. The molecule has 0 bridgehead atoms. The van der Waals surface area contributed by atoms with Crippen LogP contribution in [0.5, 0.6) is 0 Å². The molecule has 0 aliphatic rings. The summed E-state index contributed by atoms with van der Waals surface area (Å²) < 4.78 is 1.73. The van der Waals surface area contributed by atoms with E-state index in [9.17, 15) is 9.59 Å². The Labute approximate surface area is 168 Å². The van der Waals surface area contributed by atoms with Crippen LogP contribution in [0.3, 0.4) is 0 Å². The van der Waals surface area contributed by atoms with Crippen LogP contribution in [0.25, 0.3) is 5.69 Å². The van der Waals surface area contributed by atoms with Crippen LogP contribution in [0.4, 0.5) is 5.69 Å². The van der Waals surface area contributed by atoms with E-state index >= 15 is 0 Å². The zero-order valence-corrected chi connectivity index (χ0v) is 15.9. The van der Waals surface area contributed by atoms with E-state index in [0.717, 1.165) is 11.4 Å². The molecule has 0 saturated carbocycles. The third-order valence-electron chi connectivity index (χ3n) is 4.54. The van der Waals surface area contributed by atoms with Gasteiger partial charge >= 0.3 is 0 Å². The van der Waals surface area contributed by atoms with Crippen molar-refractivity contribution in [3.8, 4) is 5.69 Å². The first-order valence-electron chi connectivity index (χ1n) is 9.25. The standard InChI is InChI=1S/C24H19N3O2/c1-17-15-22(26-27(17)21-13-6-3-7-14-21)24(29)25-20-12-8-11-19(16-20)23(28)18-9-4-2-5-10-18/h2-16H,1H3,(H,25,29). The monoisotopic (exact) mass is 381 g/mol. The minimum absolute atomic E-state index is 0.0918. The van der Waals surface area contributed by atoms with Crippen LogP contribution < -0.4 is 5.32 Å². The fourth-order valence-electron chi connectivity index (χ4n) is 3.11. The van der Waals surface area contributed by atoms with Gasteiger partial charge in [0.1, 0.15) is 0 Å². The average Bonchev–Trinajstić information content (AvgIpc) is 3.16. The van der Waals surface area contributed by atoms with Gasteiger partial charge in [0.2, 0.25) is 0 Å². The van der Waals surface area contributed by atoms with Gasteiger partial charge in [0.15, 0.2) is 11.5 Å². The highest BCUT2D eigenvalue weighted by Gasteiger charge is 2.15. The number of para-hydroxylation sites is 1. The number of hydrogen-bond acceptors (Lipinski definition) is 3. The van der Waals surface area contributed by atoms with Crippen LogP contribution in [-0.4, -0.2) is 21.5 Å². The summed E-state index contributed by atoms with van der Waals surface area (Å²) in [5.41, 5.74) is 3.72. The largest absolute Gasteiger partial charge is 0.321 e. The van der Waals surface area contributed by atoms with Crippen molar-refractivity contribution in [2.24, 2.45) is 0 Å². The fourth-order valence-corrected chi connectivity index (χ4v) is 3.11. The molecule has 0 radical (unpaired) electrons. The predicted octanol–water partition coefficient (Wildman–Crippen LogP) is 4.66. The number of hydrogen-bond donors (Lipinski definition) is 1. The number of carbonyl (C=O) groups is 2. The molecule has 4 rings (SSSR count). The van der Waals surface area contributed by atoms with Gasteiger partial charge in [-0.05, 0) is 37.3 Å². The van der Waals surface area contributed by atoms with Crippen molar-refractivity contribution in [1.29, 1.82) is 0 Å². The van der Waals surface area contributed by atoms with Gasteiger partial charge in [0.25, 0.3) is 5.91 Å². The highest BCUT2D eigenvalue weighted by atomic mass is 16.2. The maximum Gasteiger partial charge on any atom is 0.276 e. The molecule has 1 aromatic heterocycles. The van der Waals surface area contributed by atoms with Crippen LogP contribution in [0, 0.1) is 6.92 Å². The minimum Gasteiger partial charge on any atom is -0.321 e. The van der Waals surface area contributed by atoms with Gasteiger partial charge in [-0.15, -0.1) is 0 Å². The van der Waals surface area contributed by atoms with E-state index in [1.165, 1.54) is 0 Å². The summed E-state index contributed by atoms with van der Waals surface area (Å²) in [4.78, 5) is 25.3. The summed E-state index contributed by atoms with van der Waals surface area (Å²) in [7, 11) is 0. The number of nitrogens with one attached hydrogen (secondary N) is 1. The van der Waals surface area contributed by atoms with E-state index in [1.54, 1.807) is 47.1 Å². The molecule has 3 aromatic carbocycles. The number of ketones is 1. The first-order valence-corrected chi connectivity index (χ1v) is 9.25. The molecule has 1 heterocycles. The Bertz CT molecular complexity index is 1170. The van der Waals surface area contributed by atoms with Crippen molar-refractivity contribution in [3.63, 3.8) is 0 Å². The summed E-state index contributed by atoms with van der Waals surface area (Å²) >= 11 is 0. The molecule has 0 spiro atoms. The lowest BCUT2D eigenvalue weighted by Gasteiger charge is -2.06. The van der Waals surface area contributed by atoms with E-state index < -0.39 is 0 Å². The van der Waals surface area contributed by atoms with Crippen molar-refractivity contribution >= 4 is 17.4 Å². The van der Waals surface area contributed by atoms with Crippen LogP contribution in [-0.2, 0) is 0 Å². The van der Waals surface area contributed by atoms with Crippen molar-refractivity contribution in [1.82, 2.24) is 9.78 Å². The molecule has 0 aliphatic carbocycles. The quantitative estimate of drug-likeness (QED) is 0.511. The second kappa shape index (κ2) is 7.94. The molecule has 0 unspecified atom stereocenters. The number of anilines is 1. The van der Waals surface area contributed by atoms with Crippen LogP contribution >= 0.6 is 0 Å². The number of amides is 1. The zero-order chi connectivity index (χ0) is 20.2. The molecule has 29 heavy (non-hydrogen) atoms. The van der Waals surface area contributed by atoms with Crippen molar-refractivity contribution in [3.05, 3.63) is 114 Å². The van der Waals surface area contributed by atoms with Gasteiger partial charge in [0, 0.05) is 22.5 Å². The van der Waals surface area contributed by atoms with Crippen molar-refractivity contribution < 1.29 is 9.59 Å². The highest BCUT2D eigenvalue weighted by Crippen LogP contribution is 2.17. The molecule has 142 valence electrons. The first-order chi connectivity index (χ1) is 14.1. The zero-order valence-electron chi connectivity index (χ0n) is 15.9. The summed E-state index contributed by atoms with van der Waals surface area (Å²) in [6.07, 6.45) is 0. The number of benzene rings is 3. The van der Waals surface area contributed by atoms with E-state index in [0.29, 0.717) is 22.5 Å². The molecule has 0 atom stereocenters.